The predicted octanol–water partition coefficient (Wildman–Crippen LogP) is 5.55. The van der Waals surface area contributed by atoms with Crippen molar-refractivity contribution in [3.05, 3.63) is 28.3 Å². The van der Waals surface area contributed by atoms with Crippen LogP contribution in [0, 0.1) is 11.3 Å². The van der Waals surface area contributed by atoms with Crippen LogP contribution in [0.4, 0.5) is 0 Å². The second kappa shape index (κ2) is 6.03. The highest BCUT2D eigenvalue weighted by Crippen LogP contribution is 2.58. The van der Waals surface area contributed by atoms with Gasteiger partial charge in [0, 0.05) is 5.56 Å². The highest BCUT2D eigenvalue weighted by molar-refractivity contribution is 5.92. The van der Waals surface area contributed by atoms with Gasteiger partial charge in [-0.1, -0.05) is 41.0 Å². The third-order valence-electron chi connectivity index (χ3n) is 6.97. The summed E-state index contributed by atoms with van der Waals surface area (Å²) in [4.78, 5) is 12.0. The van der Waals surface area contributed by atoms with Crippen molar-refractivity contribution >= 4 is 5.97 Å². The summed E-state index contributed by atoms with van der Waals surface area (Å²) in [5.41, 5.74) is 4.45. The molecule has 1 aromatic rings. The van der Waals surface area contributed by atoms with Crippen LogP contribution in [0.25, 0.3) is 0 Å². The minimum absolute atomic E-state index is 0.0649. The van der Waals surface area contributed by atoms with Gasteiger partial charge in [-0.3, -0.25) is 0 Å². The van der Waals surface area contributed by atoms with Crippen LogP contribution in [0.15, 0.2) is 6.07 Å². The van der Waals surface area contributed by atoms with E-state index in [1.165, 1.54) is 30.4 Å². The Morgan fingerprint density at radius 2 is 1.96 bits per heavy atom. The van der Waals surface area contributed by atoms with E-state index in [1.807, 2.05) is 6.07 Å². The van der Waals surface area contributed by atoms with Crippen molar-refractivity contribution < 1.29 is 14.6 Å². The Morgan fingerprint density at radius 3 is 2.52 bits per heavy atom. The number of methoxy groups -OCH3 is 1. The number of carboxylic acid groups (broad SMARTS) is 1. The Bertz CT molecular complexity index is 702. The lowest BCUT2D eigenvalue weighted by Crippen LogP contribution is -2.48. The standard InChI is InChI=1S/C22H32O3/c1-13(2)18-14-8-9-17-21(3,4)10-7-11-22(17,5)16(14)12-15(20(23)24)19(18)25-6/h12-13,17H,7-11H2,1-6H3,(H,23,24). The number of carboxylic acids is 1. The van der Waals surface area contributed by atoms with Crippen molar-refractivity contribution in [1.29, 1.82) is 0 Å². The topological polar surface area (TPSA) is 46.5 Å². The molecule has 3 rings (SSSR count). The molecule has 1 saturated carbocycles. The summed E-state index contributed by atoms with van der Waals surface area (Å²) in [6.07, 6.45) is 5.85. The Balaban J connectivity index is 2.30. The molecule has 2 unspecified atom stereocenters. The van der Waals surface area contributed by atoms with Crippen LogP contribution >= 0.6 is 0 Å². The number of fused-ring (bicyclic) bond motifs is 3. The number of aromatic carboxylic acids is 1. The molecule has 2 aliphatic rings. The molecule has 1 N–H and O–H groups in total. The Hall–Kier alpha value is -1.51. The van der Waals surface area contributed by atoms with E-state index in [1.54, 1.807) is 7.11 Å². The highest BCUT2D eigenvalue weighted by Gasteiger charge is 2.50. The zero-order valence-electron chi connectivity index (χ0n) is 16.5. The third kappa shape index (κ3) is 2.67. The van der Waals surface area contributed by atoms with Gasteiger partial charge in [0.05, 0.1) is 7.11 Å². The first-order valence-corrected chi connectivity index (χ1v) is 9.61. The van der Waals surface area contributed by atoms with Gasteiger partial charge in [-0.25, -0.2) is 4.79 Å². The van der Waals surface area contributed by atoms with Gasteiger partial charge < -0.3 is 9.84 Å². The number of hydrogen-bond donors (Lipinski definition) is 1. The Kier molecular flexibility index (Phi) is 4.41. The van der Waals surface area contributed by atoms with Crippen LogP contribution in [-0.2, 0) is 11.8 Å². The van der Waals surface area contributed by atoms with Gasteiger partial charge >= 0.3 is 5.97 Å². The lowest BCUT2D eigenvalue weighted by atomic mass is 9.50. The number of hydrogen-bond acceptors (Lipinski definition) is 2. The molecular weight excluding hydrogens is 312 g/mol. The molecule has 2 aliphatic carbocycles. The molecule has 0 radical (unpaired) electrons. The molecule has 0 amide bonds. The van der Waals surface area contributed by atoms with E-state index in [2.05, 4.69) is 34.6 Å². The zero-order chi connectivity index (χ0) is 18.6. The van der Waals surface area contributed by atoms with E-state index in [9.17, 15) is 9.90 Å². The SMILES string of the molecule is COc1c(C(=O)O)cc2c(c1C(C)C)CCC1C(C)(C)CCCC21C. The first-order chi connectivity index (χ1) is 11.6. The lowest BCUT2D eigenvalue weighted by molar-refractivity contribution is 0.0403. The molecule has 1 aromatic carbocycles. The fourth-order valence-corrected chi connectivity index (χ4v) is 5.93. The molecule has 0 bridgehead atoms. The summed E-state index contributed by atoms with van der Waals surface area (Å²) in [6.45, 7) is 11.4. The summed E-state index contributed by atoms with van der Waals surface area (Å²) in [7, 11) is 1.59. The van der Waals surface area contributed by atoms with Gasteiger partial charge in [-0.2, -0.15) is 0 Å². The van der Waals surface area contributed by atoms with Gasteiger partial charge in [0.25, 0.3) is 0 Å². The fourth-order valence-electron chi connectivity index (χ4n) is 5.93. The van der Waals surface area contributed by atoms with Crippen LogP contribution in [0.5, 0.6) is 5.75 Å². The zero-order valence-corrected chi connectivity index (χ0v) is 16.5. The number of benzene rings is 1. The maximum absolute atomic E-state index is 12.0. The van der Waals surface area contributed by atoms with Gasteiger partial charge in [0.2, 0.25) is 0 Å². The first-order valence-electron chi connectivity index (χ1n) is 9.61. The maximum Gasteiger partial charge on any atom is 0.339 e. The summed E-state index contributed by atoms with van der Waals surface area (Å²) in [5, 5.41) is 9.81. The van der Waals surface area contributed by atoms with Crippen molar-refractivity contribution in [2.45, 2.75) is 78.1 Å². The molecule has 138 valence electrons. The molecule has 25 heavy (non-hydrogen) atoms. The molecular formula is C22H32O3. The summed E-state index contributed by atoms with van der Waals surface area (Å²) >= 11 is 0. The normalized spacial score (nSPS) is 27.6. The highest BCUT2D eigenvalue weighted by atomic mass is 16.5. The number of carbonyl (C=O) groups is 1. The van der Waals surface area contributed by atoms with Crippen molar-refractivity contribution in [3.8, 4) is 5.75 Å². The van der Waals surface area contributed by atoms with Crippen LogP contribution in [-0.4, -0.2) is 18.2 Å². The minimum Gasteiger partial charge on any atom is -0.496 e. The average Bonchev–Trinajstić information content (AvgIpc) is 2.51. The summed E-state index contributed by atoms with van der Waals surface area (Å²) < 4.78 is 5.59. The van der Waals surface area contributed by atoms with Crippen LogP contribution in [0.3, 0.4) is 0 Å². The molecule has 0 saturated heterocycles. The van der Waals surface area contributed by atoms with Crippen molar-refractivity contribution in [2.75, 3.05) is 7.11 Å². The molecule has 3 heteroatoms. The average molecular weight is 344 g/mol. The van der Waals surface area contributed by atoms with E-state index >= 15 is 0 Å². The third-order valence-corrected chi connectivity index (χ3v) is 6.97. The second-order valence-electron chi connectivity index (χ2n) is 9.21. The van der Waals surface area contributed by atoms with Crippen LogP contribution in [0.2, 0.25) is 0 Å². The van der Waals surface area contributed by atoms with E-state index in [0.717, 1.165) is 18.4 Å². The second-order valence-corrected chi connectivity index (χ2v) is 9.21. The van der Waals surface area contributed by atoms with Gasteiger partial charge in [-0.05, 0) is 65.5 Å². The van der Waals surface area contributed by atoms with Crippen molar-refractivity contribution in [1.82, 2.24) is 0 Å². The maximum atomic E-state index is 12.0. The monoisotopic (exact) mass is 344 g/mol. The fraction of sp³-hybridized carbons (Fsp3) is 0.682. The predicted molar refractivity (Wildman–Crippen MR) is 101 cm³/mol. The smallest absolute Gasteiger partial charge is 0.339 e. The molecule has 1 fully saturated rings. The number of ether oxygens (including phenoxy) is 1. The molecule has 0 heterocycles. The molecule has 3 nitrogen and oxygen atoms in total. The van der Waals surface area contributed by atoms with E-state index < -0.39 is 5.97 Å². The van der Waals surface area contributed by atoms with Gasteiger partial charge in [-0.15, -0.1) is 0 Å². The minimum atomic E-state index is -0.887. The van der Waals surface area contributed by atoms with E-state index in [0.29, 0.717) is 22.6 Å². The van der Waals surface area contributed by atoms with Crippen molar-refractivity contribution in [3.63, 3.8) is 0 Å². The molecule has 2 atom stereocenters. The quantitative estimate of drug-likeness (QED) is 0.782. The first kappa shape index (κ1) is 18.3. The number of rotatable bonds is 3. The Labute approximate surface area is 151 Å². The molecule has 0 aliphatic heterocycles. The lowest BCUT2D eigenvalue weighted by Gasteiger charge is -2.55. The van der Waals surface area contributed by atoms with Gasteiger partial charge in [0.1, 0.15) is 11.3 Å². The van der Waals surface area contributed by atoms with Crippen molar-refractivity contribution in [2.24, 2.45) is 11.3 Å². The van der Waals surface area contributed by atoms with Crippen LogP contribution in [0.1, 0.15) is 93.3 Å². The molecule has 0 spiro atoms. The summed E-state index contributed by atoms with van der Waals surface area (Å²) in [5.74, 6) is 0.539. The largest absolute Gasteiger partial charge is 0.496 e. The summed E-state index contributed by atoms with van der Waals surface area (Å²) in [6, 6.07) is 1.94. The Morgan fingerprint density at radius 1 is 1.28 bits per heavy atom. The van der Waals surface area contributed by atoms with Gasteiger partial charge in [0.15, 0.2) is 0 Å². The molecule has 0 aromatic heterocycles. The van der Waals surface area contributed by atoms with E-state index in [-0.39, 0.29) is 11.3 Å². The van der Waals surface area contributed by atoms with Crippen LogP contribution < -0.4 is 4.74 Å². The van der Waals surface area contributed by atoms with E-state index in [4.69, 9.17) is 4.74 Å².